The van der Waals surface area contributed by atoms with Crippen molar-refractivity contribution >= 4 is 0 Å². The summed E-state index contributed by atoms with van der Waals surface area (Å²) in [6.45, 7) is 0. The fourth-order valence-electron chi connectivity index (χ4n) is 0.771. The molecule has 8 heavy (non-hydrogen) atoms. The third kappa shape index (κ3) is 0.992. The summed E-state index contributed by atoms with van der Waals surface area (Å²) in [5.74, 6) is 0. The molecule has 3 heteroatoms. The van der Waals surface area contributed by atoms with Crippen molar-refractivity contribution in [2.45, 2.75) is 25.0 Å². The number of aliphatic hydroxyl groups is 1. The van der Waals surface area contributed by atoms with Crippen molar-refractivity contribution in [3.63, 3.8) is 0 Å². The average molecular weight is 117 g/mol. The van der Waals surface area contributed by atoms with E-state index in [0.29, 0.717) is 0 Å². The van der Waals surface area contributed by atoms with Crippen molar-refractivity contribution in [2.24, 2.45) is 0 Å². The van der Waals surface area contributed by atoms with Crippen molar-refractivity contribution in [1.29, 1.82) is 0 Å². The van der Waals surface area contributed by atoms with E-state index in [1.165, 1.54) is 0 Å². The van der Waals surface area contributed by atoms with Gasteiger partial charge in [0, 0.05) is 0 Å². The van der Waals surface area contributed by atoms with E-state index >= 15 is 0 Å². The van der Waals surface area contributed by atoms with Crippen LogP contribution in [-0.4, -0.2) is 24.4 Å². The number of aliphatic hydroxyl groups excluding tert-OH is 1. The van der Waals surface area contributed by atoms with Gasteiger partial charge >= 0.3 is 0 Å². The quantitative estimate of drug-likeness (QED) is 0.486. The minimum absolute atomic E-state index is 0.181. The lowest BCUT2D eigenvalue weighted by Crippen LogP contribution is -2.47. The first-order chi connectivity index (χ1) is 3.84. The molecule has 1 aliphatic rings. The zero-order chi connectivity index (χ0) is 5.98. The van der Waals surface area contributed by atoms with Gasteiger partial charge in [0.05, 0.1) is 19.3 Å². The lowest BCUT2D eigenvalue weighted by Gasteiger charge is -2.31. The van der Waals surface area contributed by atoms with E-state index in [-0.39, 0.29) is 12.1 Å². The minimum Gasteiger partial charge on any atom is -0.391 e. The molecule has 48 valence electrons. The van der Waals surface area contributed by atoms with E-state index < -0.39 is 0 Å². The molecule has 0 unspecified atom stereocenters. The highest BCUT2D eigenvalue weighted by Crippen LogP contribution is 2.18. The molecule has 0 heterocycles. The van der Waals surface area contributed by atoms with E-state index in [1.54, 1.807) is 7.11 Å². The fraction of sp³-hybridized carbons (Fsp3) is 1.00. The molecule has 1 rings (SSSR count). The summed E-state index contributed by atoms with van der Waals surface area (Å²) in [5, 5.41) is 8.90. The minimum atomic E-state index is -0.185. The van der Waals surface area contributed by atoms with Gasteiger partial charge in [-0.3, -0.25) is 0 Å². The van der Waals surface area contributed by atoms with Gasteiger partial charge in [0.15, 0.2) is 0 Å². The molecule has 1 aliphatic carbocycles. The van der Waals surface area contributed by atoms with Gasteiger partial charge in [-0.1, -0.05) is 0 Å². The van der Waals surface area contributed by atoms with Gasteiger partial charge in [0.25, 0.3) is 0 Å². The Hall–Kier alpha value is -0.120. The molecule has 0 radical (unpaired) electrons. The van der Waals surface area contributed by atoms with Crippen LogP contribution in [0.25, 0.3) is 0 Å². The van der Waals surface area contributed by atoms with Crippen LogP contribution in [-0.2, 0) is 4.84 Å². The summed E-state index contributed by atoms with van der Waals surface area (Å²) in [6.07, 6.45) is 1.74. The van der Waals surface area contributed by atoms with Gasteiger partial charge in [0.1, 0.15) is 0 Å². The molecular formula is C5H11NO2. The zero-order valence-electron chi connectivity index (χ0n) is 4.92. The van der Waals surface area contributed by atoms with Crippen LogP contribution in [0.4, 0.5) is 0 Å². The van der Waals surface area contributed by atoms with Crippen molar-refractivity contribution in [3.8, 4) is 0 Å². The van der Waals surface area contributed by atoms with Crippen molar-refractivity contribution in [1.82, 2.24) is 5.48 Å². The van der Waals surface area contributed by atoms with E-state index in [9.17, 15) is 0 Å². The van der Waals surface area contributed by atoms with Crippen LogP contribution in [0.2, 0.25) is 0 Å². The average Bonchev–Trinajstić information content (AvgIpc) is 1.79. The summed E-state index contributed by atoms with van der Waals surface area (Å²) < 4.78 is 0. The SMILES string of the molecule is CON[C@@H]1CC[C@H]1O. The molecule has 2 atom stereocenters. The Morgan fingerprint density at radius 1 is 1.62 bits per heavy atom. The zero-order valence-corrected chi connectivity index (χ0v) is 4.92. The predicted octanol–water partition coefficient (Wildman–Crippen LogP) is -0.339. The lowest BCUT2D eigenvalue weighted by molar-refractivity contribution is -0.0406. The second-order valence-corrected chi connectivity index (χ2v) is 2.07. The smallest absolute Gasteiger partial charge is 0.0716 e. The number of hydrogen-bond acceptors (Lipinski definition) is 3. The van der Waals surface area contributed by atoms with Gasteiger partial charge in [0.2, 0.25) is 0 Å². The van der Waals surface area contributed by atoms with Crippen molar-refractivity contribution in [2.75, 3.05) is 7.11 Å². The number of hydroxylamine groups is 1. The maximum Gasteiger partial charge on any atom is 0.0716 e. The normalized spacial score (nSPS) is 36.8. The van der Waals surface area contributed by atoms with Crippen molar-refractivity contribution in [3.05, 3.63) is 0 Å². The first-order valence-electron chi connectivity index (χ1n) is 2.81. The lowest BCUT2D eigenvalue weighted by atomic mass is 9.90. The first kappa shape index (κ1) is 6.01. The Morgan fingerprint density at radius 2 is 2.38 bits per heavy atom. The molecule has 0 aromatic heterocycles. The second kappa shape index (κ2) is 2.44. The van der Waals surface area contributed by atoms with Gasteiger partial charge in [-0.05, 0) is 12.8 Å². The van der Waals surface area contributed by atoms with Crippen LogP contribution in [0, 0.1) is 0 Å². The van der Waals surface area contributed by atoms with E-state index in [1.807, 2.05) is 0 Å². The summed E-state index contributed by atoms with van der Waals surface area (Å²) in [5.41, 5.74) is 2.68. The fourth-order valence-corrected chi connectivity index (χ4v) is 0.771. The highest BCUT2D eigenvalue weighted by molar-refractivity contribution is 4.83. The van der Waals surface area contributed by atoms with E-state index in [0.717, 1.165) is 12.8 Å². The molecule has 0 aromatic rings. The molecule has 2 N–H and O–H groups in total. The largest absolute Gasteiger partial charge is 0.391 e. The number of hydrogen-bond donors (Lipinski definition) is 2. The van der Waals surface area contributed by atoms with Crippen molar-refractivity contribution < 1.29 is 9.94 Å². The van der Waals surface area contributed by atoms with Crippen LogP contribution in [0.5, 0.6) is 0 Å². The molecule has 0 saturated heterocycles. The Bertz CT molecular complexity index is 76.8. The molecular weight excluding hydrogens is 106 g/mol. The van der Waals surface area contributed by atoms with Crippen LogP contribution < -0.4 is 5.48 Å². The standard InChI is InChI=1S/C5H11NO2/c1-8-6-4-2-3-5(4)7/h4-7H,2-3H2,1H3/t4-,5-/m1/s1. The number of nitrogens with one attached hydrogen (secondary N) is 1. The Kier molecular flexibility index (Phi) is 1.83. The van der Waals surface area contributed by atoms with Crippen LogP contribution in [0.15, 0.2) is 0 Å². The molecule has 0 aromatic carbocycles. The van der Waals surface area contributed by atoms with Crippen LogP contribution in [0.3, 0.4) is 0 Å². The summed E-state index contributed by atoms with van der Waals surface area (Å²) in [7, 11) is 1.56. The van der Waals surface area contributed by atoms with E-state index in [4.69, 9.17) is 5.11 Å². The Balaban J connectivity index is 2.08. The summed E-state index contributed by atoms with van der Waals surface area (Å²) in [6, 6.07) is 0.181. The monoisotopic (exact) mass is 117 g/mol. The summed E-state index contributed by atoms with van der Waals surface area (Å²) >= 11 is 0. The third-order valence-electron chi connectivity index (χ3n) is 1.51. The van der Waals surface area contributed by atoms with Gasteiger partial charge in [-0.15, -0.1) is 0 Å². The first-order valence-corrected chi connectivity index (χ1v) is 2.81. The molecule has 1 fully saturated rings. The van der Waals surface area contributed by atoms with E-state index in [2.05, 4.69) is 10.3 Å². The highest BCUT2D eigenvalue weighted by atomic mass is 16.6. The topological polar surface area (TPSA) is 41.5 Å². The highest BCUT2D eigenvalue weighted by Gasteiger charge is 2.28. The maximum atomic E-state index is 8.90. The molecule has 1 saturated carbocycles. The van der Waals surface area contributed by atoms with Gasteiger partial charge in [-0.25, -0.2) is 0 Å². The van der Waals surface area contributed by atoms with Crippen LogP contribution >= 0.6 is 0 Å². The van der Waals surface area contributed by atoms with Gasteiger partial charge in [-0.2, -0.15) is 5.48 Å². The molecule has 0 bridgehead atoms. The Morgan fingerprint density at radius 3 is 2.50 bits per heavy atom. The Labute approximate surface area is 48.6 Å². The molecule has 0 spiro atoms. The molecule has 3 nitrogen and oxygen atoms in total. The number of rotatable bonds is 2. The molecule has 0 aliphatic heterocycles. The second-order valence-electron chi connectivity index (χ2n) is 2.07. The maximum absolute atomic E-state index is 8.90. The third-order valence-corrected chi connectivity index (χ3v) is 1.51. The summed E-state index contributed by atoms with van der Waals surface area (Å²) in [4.78, 5) is 4.61. The predicted molar refractivity (Wildman–Crippen MR) is 29.2 cm³/mol. The van der Waals surface area contributed by atoms with Crippen LogP contribution in [0.1, 0.15) is 12.8 Å². The van der Waals surface area contributed by atoms with Gasteiger partial charge < -0.3 is 9.94 Å². The molecule has 0 amide bonds.